The van der Waals surface area contributed by atoms with E-state index in [0.29, 0.717) is 0 Å². The van der Waals surface area contributed by atoms with Gasteiger partial charge in [-0.25, -0.2) is 4.98 Å². The molecule has 2 aliphatic rings. The van der Waals surface area contributed by atoms with E-state index in [1.165, 1.54) is 56.5 Å². The molecule has 20 heavy (non-hydrogen) atoms. The predicted octanol–water partition coefficient (Wildman–Crippen LogP) is 3.72. The van der Waals surface area contributed by atoms with Gasteiger partial charge in [-0.15, -0.1) is 0 Å². The molecule has 1 saturated heterocycles. The Bertz CT molecular complexity index is 461. The van der Waals surface area contributed by atoms with E-state index in [1.807, 2.05) is 13.2 Å². The number of hydrogen-bond acceptors (Lipinski definition) is 3. The second-order valence-corrected chi connectivity index (χ2v) is 7.03. The lowest BCUT2D eigenvalue weighted by molar-refractivity contribution is 0.242. The Kier molecular flexibility index (Phi) is 4.61. The Hall–Kier alpha value is -0.610. The summed E-state index contributed by atoms with van der Waals surface area (Å²) < 4.78 is 1.07. The summed E-state index contributed by atoms with van der Waals surface area (Å²) in [5.74, 6) is 2.10. The van der Waals surface area contributed by atoms with Gasteiger partial charge in [0.25, 0.3) is 0 Å². The van der Waals surface area contributed by atoms with E-state index >= 15 is 0 Å². The summed E-state index contributed by atoms with van der Waals surface area (Å²) in [5.41, 5.74) is 1.31. The second-order valence-electron chi connectivity index (χ2n) is 6.11. The summed E-state index contributed by atoms with van der Waals surface area (Å²) in [4.78, 5) is 7.35. The summed E-state index contributed by atoms with van der Waals surface area (Å²) in [7, 11) is 2.00. The van der Waals surface area contributed by atoms with Crippen molar-refractivity contribution in [1.82, 2.24) is 10.3 Å². The molecule has 2 fully saturated rings. The van der Waals surface area contributed by atoms with Crippen molar-refractivity contribution in [2.45, 2.75) is 51.1 Å². The van der Waals surface area contributed by atoms with Crippen molar-refractivity contribution < 1.29 is 0 Å². The molecule has 2 heterocycles. The maximum Gasteiger partial charge on any atom is 0.133 e. The molecule has 0 aromatic carbocycles. The molecule has 0 bridgehead atoms. The van der Waals surface area contributed by atoms with Crippen LogP contribution in [0, 0.1) is 5.92 Å². The van der Waals surface area contributed by atoms with Crippen molar-refractivity contribution in [1.29, 1.82) is 0 Å². The van der Waals surface area contributed by atoms with E-state index in [9.17, 15) is 0 Å². The van der Waals surface area contributed by atoms with Gasteiger partial charge in [0.2, 0.25) is 0 Å². The zero-order chi connectivity index (χ0) is 13.9. The maximum absolute atomic E-state index is 4.75. The summed E-state index contributed by atoms with van der Waals surface area (Å²) in [5, 5.41) is 3.28. The maximum atomic E-state index is 4.75. The van der Waals surface area contributed by atoms with Crippen molar-refractivity contribution in [2.75, 3.05) is 18.5 Å². The lowest BCUT2D eigenvalue weighted by Gasteiger charge is -2.45. The fraction of sp³-hybridized carbons (Fsp3) is 0.688. The summed E-state index contributed by atoms with van der Waals surface area (Å²) in [6.45, 7) is 2.06. The van der Waals surface area contributed by atoms with E-state index in [2.05, 4.69) is 32.2 Å². The average Bonchev–Trinajstić information content (AvgIpc) is 2.47. The Morgan fingerprint density at radius 1 is 1.30 bits per heavy atom. The minimum absolute atomic E-state index is 0.724. The molecule has 0 unspecified atom stereocenters. The lowest BCUT2D eigenvalue weighted by Crippen LogP contribution is -2.47. The van der Waals surface area contributed by atoms with Gasteiger partial charge in [0, 0.05) is 35.4 Å². The number of nitrogens with one attached hydrogen (secondary N) is 1. The van der Waals surface area contributed by atoms with Crippen LogP contribution in [0.15, 0.2) is 16.7 Å². The third-order valence-electron chi connectivity index (χ3n) is 4.79. The zero-order valence-corrected chi connectivity index (χ0v) is 13.8. The Labute approximate surface area is 130 Å². The standard InChI is InChI=1S/C16H24BrN3/c1-18-10-13-9-14(17)11-19-16(13)20-8-4-6-12-5-2-3-7-15(12)20/h9,11-12,15,18H,2-8,10H2,1H3/t12-,15-/m1/s1. The minimum Gasteiger partial charge on any atom is -0.353 e. The van der Waals surface area contributed by atoms with Gasteiger partial charge in [0.05, 0.1) is 0 Å². The highest BCUT2D eigenvalue weighted by Crippen LogP contribution is 2.38. The highest BCUT2D eigenvalue weighted by atomic mass is 79.9. The fourth-order valence-electron chi connectivity index (χ4n) is 3.94. The van der Waals surface area contributed by atoms with Crippen LogP contribution in [0.5, 0.6) is 0 Å². The molecule has 3 rings (SSSR count). The molecule has 0 amide bonds. The fourth-order valence-corrected chi connectivity index (χ4v) is 4.32. The molecule has 1 aliphatic carbocycles. The predicted molar refractivity (Wildman–Crippen MR) is 87.0 cm³/mol. The van der Waals surface area contributed by atoms with E-state index in [4.69, 9.17) is 4.98 Å². The first-order valence-electron chi connectivity index (χ1n) is 7.85. The first kappa shape index (κ1) is 14.3. The quantitative estimate of drug-likeness (QED) is 0.910. The number of nitrogens with zero attached hydrogens (tertiary/aromatic N) is 2. The molecule has 110 valence electrons. The molecule has 1 aromatic rings. The molecule has 1 N–H and O–H groups in total. The highest BCUT2D eigenvalue weighted by Gasteiger charge is 2.34. The van der Waals surface area contributed by atoms with Crippen molar-refractivity contribution in [2.24, 2.45) is 5.92 Å². The van der Waals surface area contributed by atoms with Gasteiger partial charge >= 0.3 is 0 Å². The van der Waals surface area contributed by atoms with Crippen LogP contribution < -0.4 is 10.2 Å². The number of hydrogen-bond donors (Lipinski definition) is 1. The molecule has 1 aromatic heterocycles. The van der Waals surface area contributed by atoms with E-state index in [-0.39, 0.29) is 0 Å². The van der Waals surface area contributed by atoms with E-state index in [1.54, 1.807) is 0 Å². The molecule has 1 aliphatic heterocycles. The molecule has 0 spiro atoms. The van der Waals surface area contributed by atoms with Crippen LogP contribution in [0.1, 0.15) is 44.1 Å². The Morgan fingerprint density at radius 2 is 2.10 bits per heavy atom. The second kappa shape index (κ2) is 6.44. The smallest absolute Gasteiger partial charge is 0.133 e. The number of aromatic nitrogens is 1. The Balaban J connectivity index is 1.90. The van der Waals surface area contributed by atoms with Crippen LogP contribution in [0.3, 0.4) is 0 Å². The van der Waals surface area contributed by atoms with Crippen molar-refractivity contribution in [3.8, 4) is 0 Å². The summed E-state index contributed by atoms with van der Waals surface area (Å²) in [6, 6.07) is 2.94. The van der Waals surface area contributed by atoms with Crippen LogP contribution in [-0.4, -0.2) is 24.6 Å². The minimum atomic E-state index is 0.724. The third kappa shape index (κ3) is 2.86. The van der Waals surface area contributed by atoms with Crippen LogP contribution in [0.4, 0.5) is 5.82 Å². The lowest BCUT2D eigenvalue weighted by atomic mass is 9.78. The largest absolute Gasteiger partial charge is 0.353 e. The van der Waals surface area contributed by atoms with Gasteiger partial charge in [0.1, 0.15) is 5.82 Å². The van der Waals surface area contributed by atoms with E-state index < -0.39 is 0 Å². The number of piperidine rings is 1. The van der Waals surface area contributed by atoms with Crippen molar-refractivity contribution >= 4 is 21.7 Å². The van der Waals surface area contributed by atoms with E-state index in [0.717, 1.165) is 23.0 Å². The average molecular weight is 338 g/mol. The molecular weight excluding hydrogens is 314 g/mol. The molecule has 2 atom stereocenters. The van der Waals surface area contributed by atoms with Crippen LogP contribution >= 0.6 is 15.9 Å². The van der Waals surface area contributed by atoms with Gasteiger partial charge in [-0.3, -0.25) is 0 Å². The molecule has 0 radical (unpaired) electrons. The van der Waals surface area contributed by atoms with Gasteiger partial charge < -0.3 is 10.2 Å². The molecule has 3 nitrogen and oxygen atoms in total. The van der Waals surface area contributed by atoms with Gasteiger partial charge in [-0.2, -0.15) is 0 Å². The molecule has 1 saturated carbocycles. The topological polar surface area (TPSA) is 28.2 Å². The molecule has 4 heteroatoms. The number of anilines is 1. The van der Waals surface area contributed by atoms with Crippen LogP contribution in [0.25, 0.3) is 0 Å². The first-order valence-corrected chi connectivity index (χ1v) is 8.64. The number of halogens is 1. The van der Waals surface area contributed by atoms with Crippen LogP contribution in [-0.2, 0) is 6.54 Å². The summed E-state index contributed by atoms with van der Waals surface area (Å²) >= 11 is 3.55. The Morgan fingerprint density at radius 3 is 2.95 bits per heavy atom. The van der Waals surface area contributed by atoms with Crippen LogP contribution in [0.2, 0.25) is 0 Å². The van der Waals surface area contributed by atoms with Gasteiger partial charge in [0.15, 0.2) is 0 Å². The monoisotopic (exact) mass is 337 g/mol. The van der Waals surface area contributed by atoms with Crippen molar-refractivity contribution in [3.05, 3.63) is 22.3 Å². The normalized spacial score (nSPS) is 26.4. The SMILES string of the molecule is CNCc1cc(Br)cnc1N1CCC[C@H]2CCCC[C@H]21. The molecular formula is C16H24BrN3. The summed E-state index contributed by atoms with van der Waals surface area (Å²) in [6.07, 6.45) is 10.3. The third-order valence-corrected chi connectivity index (χ3v) is 5.23. The zero-order valence-electron chi connectivity index (χ0n) is 12.2. The first-order chi connectivity index (χ1) is 9.79. The van der Waals surface area contributed by atoms with Crippen molar-refractivity contribution in [3.63, 3.8) is 0 Å². The highest BCUT2D eigenvalue weighted by molar-refractivity contribution is 9.10. The number of fused-ring (bicyclic) bond motifs is 1. The number of pyridine rings is 1. The van der Waals surface area contributed by atoms with Gasteiger partial charge in [-0.05, 0) is 60.6 Å². The van der Waals surface area contributed by atoms with Gasteiger partial charge in [-0.1, -0.05) is 12.8 Å². The number of rotatable bonds is 3.